The lowest BCUT2D eigenvalue weighted by atomic mass is 10.3. The highest BCUT2D eigenvalue weighted by molar-refractivity contribution is 7.91. The molecule has 0 heterocycles. The maximum Gasteiger partial charge on any atom is 0.239 e. The predicted octanol–water partition coefficient (Wildman–Crippen LogP) is 3.02. The molecule has 2 aromatic rings. The number of carbonyl (C=O) groups is 1. The molecule has 0 saturated carbocycles. The van der Waals surface area contributed by atoms with Crippen molar-refractivity contribution >= 4 is 44.6 Å². The monoisotopic (exact) mass is 476 g/mol. The van der Waals surface area contributed by atoms with E-state index in [4.69, 9.17) is 37.4 Å². The van der Waals surface area contributed by atoms with Crippen molar-refractivity contribution in [2.45, 2.75) is 9.79 Å². The van der Waals surface area contributed by atoms with Crippen LogP contribution >= 0.6 is 23.2 Å². The molecule has 1 amide bonds. The van der Waals surface area contributed by atoms with Gasteiger partial charge in [-0.15, -0.1) is 0 Å². The zero-order valence-corrected chi connectivity index (χ0v) is 19.0. The van der Waals surface area contributed by atoms with Crippen molar-refractivity contribution in [3.05, 3.63) is 40.4 Å². The summed E-state index contributed by atoms with van der Waals surface area (Å²) in [5.74, 6) is 0.266. The number of nitrogens with one attached hydrogen (secondary N) is 2. The van der Waals surface area contributed by atoms with E-state index in [0.717, 1.165) is 0 Å². The minimum atomic E-state index is -4.12. The van der Waals surface area contributed by atoms with Crippen LogP contribution in [-0.2, 0) is 19.4 Å². The van der Waals surface area contributed by atoms with Gasteiger partial charge in [-0.3, -0.25) is 4.79 Å². The summed E-state index contributed by atoms with van der Waals surface area (Å²) in [5, 5.41) is 4.94. The summed E-state index contributed by atoms with van der Waals surface area (Å²) in [7, 11) is 0.340. The van der Waals surface area contributed by atoms with Crippen molar-refractivity contribution in [3.8, 4) is 11.5 Å². The average molecular weight is 477 g/mol. The van der Waals surface area contributed by atoms with Crippen molar-refractivity contribution in [3.63, 3.8) is 0 Å². The Morgan fingerprint density at radius 1 is 1.07 bits per heavy atom. The van der Waals surface area contributed by atoms with E-state index in [-0.39, 0.29) is 56.9 Å². The van der Waals surface area contributed by atoms with Gasteiger partial charge in [0, 0.05) is 20.2 Å². The van der Waals surface area contributed by atoms with Crippen molar-refractivity contribution in [1.29, 1.82) is 0 Å². The molecule has 0 aliphatic heterocycles. The number of amides is 1. The Morgan fingerprint density at radius 2 is 1.73 bits per heavy atom. The summed E-state index contributed by atoms with van der Waals surface area (Å²) in [4.78, 5) is 11.2. The van der Waals surface area contributed by atoms with Crippen LogP contribution in [0.2, 0.25) is 10.0 Å². The molecule has 0 saturated heterocycles. The first kappa shape index (κ1) is 24.1. The van der Waals surface area contributed by atoms with Gasteiger partial charge in [-0.2, -0.15) is 0 Å². The molecule has 30 heavy (non-hydrogen) atoms. The molecule has 0 spiro atoms. The molecule has 11 heteroatoms. The van der Waals surface area contributed by atoms with Gasteiger partial charge in [0.15, 0.2) is 0 Å². The van der Waals surface area contributed by atoms with Crippen molar-refractivity contribution in [2.75, 3.05) is 46.3 Å². The van der Waals surface area contributed by atoms with Gasteiger partial charge in [-0.25, -0.2) is 8.42 Å². The molecule has 0 aliphatic carbocycles. The molecule has 8 nitrogen and oxygen atoms in total. The summed E-state index contributed by atoms with van der Waals surface area (Å²) in [6.45, 7) is 0.271. The normalized spacial score (nSPS) is 11.1. The number of carbonyl (C=O) groups excluding carboxylic acids is 1. The molecule has 0 aromatic heterocycles. The first-order valence-corrected chi connectivity index (χ1v) is 11.0. The van der Waals surface area contributed by atoms with Crippen LogP contribution in [0, 0.1) is 0 Å². The number of sulfone groups is 1. The van der Waals surface area contributed by atoms with Crippen molar-refractivity contribution in [1.82, 2.24) is 5.32 Å². The van der Waals surface area contributed by atoms with E-state index < -0.39 is 9.84 Å². The highest BCUT2D eigenvalue weighted by Gasteiger charge is 2.29. The van der Waals surface area contributed by atoms with Crippen molar-refractivity contribution in [2.24, 2.45) is 0 Å². The first-order valence-electron chi connectivity index (χ1n) is 8.73. The van der Waals surface area contributed by atoms with Gasteiger partial charge >= 0.3 is 0 Å². The summed E-state index contributed by atoms with van der Waals surface area (Å²) in [5.41, 5.74) is 0.184. The Labute approximate surface area is 185 Å². The smallest absolute Gasteiger partial charge is 0.239 e. The van der Waals surface area contributed by atoms with E-state index in [1.54, 1.807) is 0 Å². The number of rotatable bonds is 10. The Hall–Kier alpha value is -2.20. The topological polar surface area (TPSA) is 103 Å². The average Bonchev–Trinajstić information content (AvgIpc) is 2.74. The van der Waals surface area contributed by atoms with Gasteiger partial charge in [0.2, 0.25) is 15.7 Å². The van der Waals surface area contributed by atoms with Crippen LogP contribution in [0.4, 0.5) is 5.69 Å². The zero-order valence-electron chi connectivity index (χ0n) is 16.6. The second-order valence-corrected chi connectivity index (χ2v) is 8.57. The van der Waals surface area contributed by atoms with Gasteiger partial charge < -0.3 is 24.8 Å². The Morgan fingerprint density at radius 3 is 2.30 bits per heavy atom. The molecule has 0 bridgehead atoms. The lowest BCUT2D eigenvalue weighted by molar-refractivity contribution is -0.118. The number of benzene rings is 2. The summed E-state index contributed by atoms with van der Waals surface area (Å²) >= 11 is 12.8. The predicted molar refractivity (Wildman–Crippen MR) is 115 cm³/mol. The van der Waals surface area contributed by atoms with E-state index in [0.29, 0.717) is 5.75 Å². The standard InChI is InChI=1S/C19H22Cl2N2O6S/c1-22-16(24)11-23-14-10-15(29-9-8-27-2)18(21)19(17(14)20)30(25,26)13-6-4-12(28-3)5-7-13/h4-7,10,23H,8-9,11H2,1-3H3,(H,22,24). The van der Waals surface area contributed by atoms with Crippen LogP contribution in [0.15, 0.2) is 40.1 Å². The number of likely N-dealkylation sites (N-methyl/N-ethyl adjacent to an activating group) is 1. The number of hydrogen-bond acceptors (Lipinski definition) is 7. The quantitative estimate of drug-likeness (QED) is 0.507. The molecule has 2 rings (SSSR count). The van der Waals surface area contributed by atoms with Crippen LogP contribution in [0.5, 0.6) is 11.5 Å². The molecular weight excluding hydrogens is 455 g/mol. The third-order valence-corrected chi connectivity index (χ3v) is 6.86. The van der Waals surface area contributed by atoms with E-state index in [2.05, 4.69) is 10.6 Å². The number of methoxy groups -OCH3 is 2. The maximum absolute atomic E-state index is 13.3. The van der Waals surface area contributed by atoms with Gasteiger partial charge in [0.05, 0.1) is 35.9 Å². The van der Waals surface area contributed by atoms with Crippen LogP contribution in [0.1, 0.15) is 0 Å². The summed E-state index contributed by atoms with van der Waals surface area (Å²) < 4.78 is 42.2. The molecule has 0 aliphatic rings. The Kier molecular flexibility index (Phi) is 8.60. The van der Waals surface area contributed by atoms with Gasteiger partial charge in [0.1, 0.15) is 28.0 Å². The number of halogens is 2. The minimum Gasteiger partial charge on any atom is -0.497 e. The van der Waals surface area contributed by atoms with Crippen LogP contribution in [-0.4, -0.2) is 55.4 Å². The van der Waals surface area contributed by atoms with Crippen molar-refractivity contribution < 1.29 is 27.4 Å². The molecule has 0 unspecified atom stereocenters. The first-order chi connectivity index (χ1) is 14.3. The fourth-order valence-corrected chi connectivity index (χ4v) is 4.92. The molecule has 2 aromatic carbocycles. The van der Waals surface area contributed by atoms with Crippen LogP contribution in [0.25, 0.3) is 0 Å². The van der Waals surface area contributed by atoms with E-state index >= 15 is 0 Å². The summed E-state index contributed by atoms with van der Waals surface area (Å²) in [6.07, 6.45) is 0. The van der Waals surface area contributed by atoms with E-state index in [9.17, 15) is 13.2 Å². The fraction of sp³-hybridized carbons (Fsp3) is 0.316. The van der Waals surface area contributed by atoms with Crippen LogP contribution < -0.4 is 20.1 Å². The maximum atomic E-state index is 13.3. The number of hydrogen-bond donors (Lipinski definition) is 2. The van der Waals surface area contributed by atoms with E-state index in [1.165, 1.54) is 51.6 Å². The summed E-state index contributed by atoms with van der Waals surface area (Å²) in [6, 6.07) is 7.24. The van der Waals surface area contributed by atoms with Crippen LogP contribution in [0.3, 0.4) is 0 Å². The number of anilines is 1. The lowest BCUT2D eigenvalue weighted by Gasteiger charge is -2.18. The Bertz CT molecular complexity index is 997. The molecule has 164 valence electrons. The SMILES string of the molecule is CNC(=O)CNc1cc(OCCOC)c(Cl)c(S(=O)(=O)c2ccc(OC)cc2)c1Cl. The largest absolute Gasteiger partial charge is 0.497 e. The van der Waals surface area contributed by atoms with E-state index in [1.807, 2.05) is 0 Å². The lowest BCUT2D eigenvalue weighted by Crippen LogP contribution is -2.26. The van der Waals surface area contributed by atoms with Gasteiger partial charge in [-0.1, -0.05) is 23.2 Å². The van der Waals surface area contributed by atoms with Gasteiger partial charge in [-0.05, 0) is 24.3 Å². The molecule has 2 N–H and O–H groups in total. The van der Waals surface area contributed by atoms with Gasteiger partial charge in [0.25, 0.3) is 0 Å². The molecule has 0 radical (unpaired) electrons. The fourth-order valence-electron chi connectivity index (χ4n) is 2.43. The molecular formula is C19H22Cl2N2O6S. The third-order valence-electron chi connectivity index (χ3n) is 4.03. The zero-order chi connectivity index (χ0) is 22.3. The highest BCUT2D eigenvalue weighted by Crippen LogP contribution is 2.44. The molecule has 0 atom stereocenters. The minimum absolute atomic E-state index is 0.0293. The highest BCUT2D eigenvalue weighted by atomic mass is 35.5. The molecule has 0 fully saturated rings. The second kappa shape index (κ2) is 10.7. The second-order valence-electron chi connectivity index (χ2n) is 5.93. The third kappa shape index (κ3) is 5.48. The Balaban J connectivity index is 2.58. The number of ether oxygens (including phenoxy) is 3.